The molecule has 0 radical (unpaired) electrons. The van der Waals surface area contributed by atoms with E-state index in [0.717, 1.165) is 25.1 Å². The molecule has 4 rings (SSSR count). The van der Waals surface area contributed by atoms with E-state index in [1.165, 1.54) is 11.1 Å². The van der Waals surface area contributed by atoms with Gasteiger partial charge in [-0.05, 0) is 29.5 Å². The van der Waals surface area contributed by atoms with Crippen LogP contribution in [0.15, 0.2) is 66.6 Å². The van der Waals surface area contributed by atoms with Crippen LogP contribution in [0.4, 0.5) is 0 Å². The van der Waals surface area contributed by atoms with Crippen molar-refractivity contribution in [3.05, 3.63) is 83.3 Å². The fourth-order valence-electron chi connectivity index (χ4n) is 3.68. The van der Waals surface area contributed by atoms with Gasteiger partial charge in [0.1, 0.15) is 12.0 Å². The summed E-state index contributed by atoms with van der Waals surface area (Å²) in [5.41, 5.74) is 3.85. The molecule has 0 N–H and O–H groups in total. The van der Waals surface area contributed by atoms with E-state index < -0.39 is 0 Å². The smallest absolute Gasteiger partial charge is 0.229 e. The van der Waals surface area contributed by atoms with Crippen LogP contribution in [0.2, 0.25) is 0 Å². The van der Waals surface area contributed by atoms with Crippen molar-refractivity contribution in [2.24, 2.45) is 5.92 Å². The van der Waals surface area contributed by atoms with Gasteiger partial charge in [-0.3, -0.25) is 9.69 Å². The Morgan fingerprint density at radius 1 is 1.04 bits per heavy atom. The molecule has 0 amide bonds. The lowest BCUT2D eigenvalue weighted by molar-refractivity contribution is -0.124. The molecule has 1 atom stereocenters. The summed E-state index contributed by atoms with van der Waals surface area (Å²) >= 11 is 0. The standard InChI is InChI=1S/C22H23NO3/c24-21(14-23-11-10-18-8-4-5-9-19(18)13-23)20(22-15-25-16-26-22)12-17-6-2-1-3-7-17/h1-9,15,20H,10-14,16H2. The first-order chi connectivity index (χ1) is 12.8. The summed E-state index contributed by atoms with van der Waals surface area (Å²) in [4.78, 5) is 15.3. The zero-order valence-corrected chi connectivity index (χ0v) is 14.8. The van der Waals surface area contributed by atoms with Gasteiger partial charge in [0.25, 0.3) is 0 Å². The number of rotatable bonds is 6. The summed E-state index contributed by atoms with van der Waals surface area (Å²) < 4.78 is 10.8. The molecule has 0 aliphatic carbocycles. The molecule has 1 unspecified atom stereocenters. The van der Waals surface area contributed by atoms with Crippen LogP contribution in [-0.4, -0.2) is 30.6 Å². The number of benzene rings is 2. The van der Waals surface area contributed by atoms with E-state index in [9.17, 15) is 4.79 Å². The molecule has 0 fully saturated rings. The first-order valence-electron chi connectivity index (χ1n) is 9.10. The second-order valence-electron chi connectivity index (χ2n) is 6.89. The van der Waals surface area contributed by atoms with Crippen LogP contribution in [0.3, 0.4) is 0 Å². The Kier molecular flexibility index (Phi) is 5.02. The van der Waals surface area contributed by atoms with Gasteiger partial charge in [0.15, 0.2) is 5.78 Å². The molecule has 2 aliphatic heterocycles. The van der Waals surface area contributed by atoms with Crippen LogP contribution >= 0.6 is 0 Å². The van der Waals surface area contributed by atoms with E-state index in [-0.39, 0.29) is 18.5 Å². The lowest BCUT2D eigenvalue weighted by atomic mass is 9.92. The number of fused-ring (bicyclic) bond motifs is 1. The number of nitrogens with zero attached hydrogens (tertiary/aromatic N) is 1. The van der Waals surface area contributed by atoms with E-state index in [1.807, 2.05) is 30.3 Å². The Balaban J connectivity index is 1.46. The van der Waals surface area contributed by atoms with E-state index in [4.69, 9.17) is 9.47 Å². The van der Waals surface area contributed by atoms with Crippen LogP contribution in [0, 0.1) is 5.92 Å². The quantitative estimate of drug-likeness (QED) is 0.802. The molecular formula is C22H23NO3. The first-order valence-corrected chi connectivity index (χ1v) is 9.10. The van der Waals surface area contributed by atoms with Crippen molar-refractivity contribution in [2.75, 3.05) is 19.9 Å². The van der Waals surface area contributed by atoms with Gasteiger partial charge < -0.3 is 9.47 Å². The van der Waals surface area contributed by atoms with Crippen LogP contribution in [-0.2, 0) is 33.7 Å². The highest BCUT2D eigenvalue weighted by atomic mass is 16.7. The molecule has 26 heavy (non-hydrogen) atoms. The number of carbonyl (C=O) groups is 1. The lowest BCUT2D eigenvalue weighted by Gasteiger charge is -2.29. The second-order valence-corrected chi connectivity index (χ2v) is 6.89. The summed E-state index contributed by atoms with van der Waals surface area (Å²) in [5, 5.41) is 0. The molecule has 2 aromatic carbocycles. The molecule has 0 saturated carbocycles. The molecule has 134 valence electrons. The SMILES string of the molecule is O=C(CN1CCc2ccccc2C1)C(Cc1ccccc1)C1=COCO1. The number of allylic oxidation sites excluding steroid dienone is 1. The molecule has 2 aromatic rings. The van der Waals surface area contributed by atoms with Gasteiger partial charge in [-0.15, -0.1) is 0 Å². The monoisotopic (exact) mass is 349 g/mol. The van der Waals surface area contributed by atoms with Gasteiger partial charge in [0.05, 0.1) is 12.5 Å². The van der Waals surface area contributed by atoms with Gasteiger partial charge in [0.2, 0.25) is 6.79 Å². The lowest BCUT2D eigenvalue weighted by Crippen LogP contribution is -2.38. The second kappa shape index (κ2) is 7.75. The number of ketones is 1. The number of carbonyl (C=O) groups excluding carboxylic acids is 1. The topological polar surface area (TPSA) is 38.8 Å². The maximum atomic E-state index is 13.1. The van der Waals surface area contributed by atoms with Crippen molar-refractivity contribution >= 4 is 5.78 Å². The van der Waals surface area contributed by atoms with Crippen LogP contribution < -0.4 is 0 Å². The van der Waals surface area contributed by atoms with Crippen LogP contribution in [0.5, 0.6) is 0 Å². The third kappa shape index (κ3) is 3.81. The average molecular weight is 349 g/mol. The van der Waals surface area contributed by atoms with Crippen molar-refractivity contribution in [3.8, 4) is 0 Å². The maximum absolute atomic E-state index is 13.1. The van der Waals surface area contributed by atoms with Gasteiger partial charge in [0, 0.05) is 13.1 Å². The molecule has 4 heteroatoms. The number of hydrogen-bond acceptors (Lipinski definition) is 4. The van der Waals surface area contributed by atoms with Crippen molar-refractivity contribution in [2.45, 2.75) is 19.4 Å². The summed E-state index contributed by atoms with van der Waals surface area (Å²) in [7, 11) is 0. The fourth-order valence-corrected chi connectivity index (χ4v) is 3.68. The van der Waals surface area contributed by atoms with E-state index in [0.29, 0.717) is 18.7 Å². The Morgan fingerprint density at radius 2 is 1.81 bits per heavy atom. The largest absolute Gasteiger partial charge is 0.462 e. The molecule has 0 bridgehead atoms. The highest BCUT2D eigenvalue weighted by Crippen LogP contribution is 2.25. The fraction of sp³-hybridized carbons (Fsp3) is 0.318. The average Bonchev–Trinajstić information content (AvgIpc) is 3.21. The van der Waals surface area contributed by atoms with Crippen molar-refractivity contribution in [3.63, 3.8) is 0 Å². The van der Waals surface area contributed by atoms with Crippen molar-refractivity contribution in [1.82, 2.24) is 4.90 Å². The molecule has 0 saturated heterocycles. The maximum Gasteiger partial charge on any atom is 0.229 e. The van der Waals surface area contributed by atoms with Crippen LogP contribution in [0.25, 0.3) is 0 Å². The van der Waals surface area contributed by atoms with E-state index in [1.54, 1.807) is 6.26 Å². The third-order valence-corrected chi connectivity index (χ3v) is 5.10. The van der Waals surface area contributed by atoms with Gasteiger partial charge in [-0.2, -0.15) is 0 Å². The highest BCUT2D eigenvalue weighted by Gasteiger charge is 2.29. The van der Waals surface area contributed by atoms with Crippen molar-refractivity contribution < 1.29 is 14.3 Å². The highest BCUT2D eigenvalue weighted by molar-refractivity contribution is 5.85. The Hall–Kier alpha value is -2.59. The zero-order valence-electron chi connectivity index (χ0n) is 14.8. The van der Waals surface area contributed by atoms with Crippen LogP contribution in [0.1, 0.15) is 16.7 Å². The molecule has 2 heterocycles. The Bertz CT molecular complexity index is 800. The summed E-state index contributed by atoms with van der Waals surface area (Å²) in [5.74, 6) is 0.540. The van der Waals surface area contributed by atoms with E-state index >= 15 is 0 Å². The molecule has 0 aromatic heterocycles. The first kappa shape index (κ1) is 16.9. The Labute approximate surface area is 154 Å². The molecule has 4 nitrogen and oxygen atoms in total. The minimum Gasteiger partial charge on any atom is -0.462 e. The summed E-state index contributed by atoms with van der Waals surface area (Å²) in [6, 6.07) is 18.6. The van der Waals surface area contributed by atoms with Crippen molar-refractivity contribution in [1.29, 1.82) is 0 Å². The zero-order chi connectivity index (χ0) is 17.8. The van der Waals surface area contributed by atoms with Gasteiger partial charge >= 0.3 is 0 Å². The predicted molar refractivity (Wildman–Crippen MR) is 99.2 cm³/mol. The number of Topliss-reactive ketones (excluding diaryl/α,β-unsaturated/α-hetero) is 1. The van der Waals surface area contributed by atoms with Gasteiger partial charge in [-0.25, -0.2) is 0 Å². The summed E-state index contributed by atoms with van der Waals surface area (Å²) in [6.07, 6.45) is 3.23. The molecular weight excluding hydrogens is 326 g/mol. The molecule has 2 aliphatic rings. The summed E-state index contributed by atoms with van der Waals surface area (Å²) in [6.45, 7) is 2.38. The molecule has 0 spiro atoms. The minimum atomic E-state index is -0.294. The minimum absolute atomic E-state index is 0.185. The number of ether oxygens (including phenoxy) is 2. The number of hydrogen-bond donors (Lipinski definition) is 0. The normalized spacial score (nSPS) is 17.6. The Morgan fingerprint density at radius 3 is 2.58 bits per heavy atom. The van der Waals surface area contributed by atoms with E-state index in [2.05, 4.69) is 29.2 Å². The van der Waals surface area contributed by atoms with Gasteiger partial charge in [-0.1, -0.05) is 54.6 Å². The predicted octanol–water partition coefficient (Wildman–Crippen LogP) is 3.32. The third-order valence-electron chi connectivity index (χ3n) is 5.10.